The lowest BCUT2D eigenvalue weighted by Crippen LogP contribution is -2.23. The van der Waals surface area contributed by atoms with Crippen LogP contribution in [0.15, 0.2) is 6.20 Å². The Kier molecular flexibility index (Phi) is 5.03. The third-order valence-corrected chi connectivity index (χ3v) is 3.90. The number of rotatable bonds is 2. The zero-order valence-electron chi connectivity index (χ0n) is 16.7. The molecule has 0 radical (unpaired) electrons. The molecule has 0 aliphatic carbocycles. The van der Waals surface area contributed by atoms with Crippen LogP contribution in [-0.2, 0) is 10.8 Å². The number of aryl methyl sites for hydroxylation is 1. The Bertz CT molecular complexity index is 813. The lowest BCUT2D eigenvalue weighted by atomic mass is 9.85. The number of nitrogens with zero attached hydrogens (tertiary/aromatic N) is 4. The molecule has 0 fully saturated rings. The summed E-state index contributed by atoms with van der Waals surface area (Å²) in [6, 6.07) is 0. The molecule has 7 nitrogen and oxygen atoms in total. The van der Waals surface area contributed by atoms with Gasteiger partial charge in [-0.3, -0.25) is 4.79 Å². The van der Waals surface area contributed by atoms with Crippen LogP contribution in [0.3, 0.4) is 0 Å². The van der Waals surface area contributed by atoms with Crippen LogP contribution in [0.2, 0.25) is 0 Å². The van der Waals surface area contributed by atoms with Crippen LogP contribution in [0.25, 0.3) is 11.5 Å². The van der Waals surface area contributed by atoms with Gasteiger partial charge in [0.25, 0.3) is 5.91 Å². The van der Waals surface area contributed by atoms with Gasteiger partial charge in [-0.05, 0) is 6.92 Å². The van der Waals surface area contributed by atoms with E-state index < -0.39 is 10.8 Å². The van der Waals surface area contributed by atoms with Crippen molar-refractivity contribution in [3.63, 3.8) is 0 Å². The normalized spacial score (nSPS) is 12.2. The molecule has 2 N–H and O–H groups in total. The molecule has 0 saturated heterocycles. The number of amides is 1. The zero-order valence-corrected chi connectivity index (χ0v) is 16.7. The summed E-state index contributed by atoms with van der Waals surface area (Å²) in [4.78, 5) is 29.9. The number of carbonyl (C=O) groups is 1. The molecule has 2 heterocycles. The van der Waals surface area contributed by atoms with Crippen molar-refractivity contribution < 1.29 is 9.90 Å². The van der Waals surface area contributed by atoms with Gasteiger partial charge in [0, 0.05) is 24.1 Å². The molecular formula is C19H27N5O2. The number of hydrogen-bond donors (Lipinski definition) is 2. The predicted octanol–water partition coefficient (Wildman–Crippen LogP) is 2.90. The van der Waals surface area contributed by atoms with Crippen molar-refractivity contribution in [3.8, 4) is 17.3 Å². The fourth-order valence-corrected chi connectivity index (χ4v) is 2.55. The van der Waals surface area contributed by atoms with Gasteiger partial charge in [0.15, 0.2) is 11.6 Å². The van der Waals surface area contributed by atoms with Gasteiger partial charge in [-0.1, -0.05) is 41.5 Å². The highest BCUT2D eigenvalue weighted by molar-refractivity contribution is 5.98. The molecule has 7 heteroatoms. The highest BCUT2D eigenvalue weighted by atomic mass is 16.3. The standard InChI is InChI=1S/C19H27N5O2/c1-10-21-9-11(17(26)20-8)12(22-10)16-23-14(18(2,3)4)13(25)15(24-16)19(5,6)7/h9,25H,1-8H3,(H,20,26). The molecule has 0 aliphatic heterocycles. The molecule has 0 aromatic carbocycles. The Morgan fingerprint density at radius 3 is 1.92 bits per heavy atom. The lowest BCUT2D eigenvalue weighted by molar-refractivity contribution is 0.0963. The van der Waals surface area contributed by atoms with E-state index in [1.165, 1.54) is 6.20 Å². The average Bonchev–Trinajstić information content (AvgIpc) is 2.52. The van der Waals surface area contributed by atoms with Gasteiger partial charge in [0.1, 0.15) is 11.5 Å². The summed E-state index contributed by atoms with van der Waals surface area (Å²) in [5, 5.41) is 13.4. The highest BCUT2D eigenvalue weighted by Crippen LogP contribution is 2.38. The van der Waals surface area contributed by atoms with Gasteiger partial charge in [0.05, 0.1) is 17.0 Å². The van der Waals surface area contributed by atoms with Crippen LogP contribution in [0.1, 0.15) is 69.1 Å². The van der Waals surface area contributed by atoms with Crippen molar-refractivity contribution in [1.82, 2.24) is 25.3 Å². The van der Waals surface area contributed by atoms with E-state index in [1.807, 2.05) is 41.5 Å². The minimum atomic E-state index is -0.406. The Balaban J connectivity index is 2.87. The maximum atomic E-state index is 12.3. The number of aromatic hydroxyl groups is 1. The van der Waals surface area contributed by atoms with E-state index in [9.17, 15) is 9.90 Å². The van der Waals surface area contributed by atoms with Crippen molar-refractivity contribution in [2.75, 3.05) is 7.05 Å². The van der Waals surface area contributed by atoms with E-state index >= 15 is 0 Å². The molecule has 2 rings (SSSR count). The summed E-state index contributed by atoms with van der Waals surface area (Å²) in [5.41, 5.74) is 0.878. The lowest BCUT2D eigenvalue weighted by Gasteiger charge is -2.26. The summed E-state index contributed by atoms with van der Waals surface area (Å²) >= 11 is 0. The first kappa shape index (κ1) is 19.8. The Labute approximate surface area is 154 Å². The molecule has 0 saturated carbocycles. The molecule has 1 amide bonds. The summed E-state index contributed by atoms with van der Waals surface area (Å²) in [5.74, 6) is 0.591. The minimum Gasteiger partial charge on any atom is -0.504 e. The Hall–Kier alpha value is -2.57. The van der Waals surface area contributed by atoms with Crippen molar-refractivity contribution in [1.29, 1.82) is 0 Å². The first-order chi connectivity index (χ1) is 11.9. The predicted molar refractivity (Wildman–Crippen MR) is 100 cm³/mol. The zero-order chi connectivity index (χ0) is 19.9. The first-order valence-corrected chi connectivity index (χ1v) is 8.54. The SMILES string of the molecule is CNC(=O)c1cnc(C)nc1-c1nc(C(C)(C)C)c(O)c(C(C)(C)C)n1. The van der Waals surface area contributed by atoms with E-state index in [-0.39, 0.29) is 11.7 Å². The largest absolute Gasteiger partial charge is 0.504 e. The van der Waals surface area contributed by atoms with E-state index in [0.717, 1.165) is 0 Å². The molecule has 0 unspecified atom stereocenters. The average molecular weight is 357 g/mol. The monoisotopic (exact) mass is 357 g/mol. The molecular weight excluding hydrogens is 330 g/mol. The fourth-order valence-electron chi connectivity index (χ4n) is 2.55. The maximum absolute atomic E-state index is 12.3. The van der Waals surface area contributed by atoms with Crippen molar-refractivity contribution in [3.05, 3.63) is 29.0 Å². The van der Waals surface area contributed by atoms with Gasteiger partial charge >= 0.3 is 0 Å². The third-order valence-electron chi connectivity index (χ3n) is 3.90. The topological polar surface area (TPSA) is 101 Å². The number of carbonyl (C=O) groups excluding carboxylic acids is 1. The quantitative estimate of drug-likeness (QED) is 0.857. The molecule has 26 heavy (non-hydrogen) atoms. The van der Waals surface area contributed by atoms with Gasteiger partial charge in [-0.15, -0.1) is 0 Å². The maximum Gasteiger partial charge on any atom is 0.254 e. The second-order valence-corrected chi connectivity index (χ2v) is 8.35. The highest BCUT2D eigenvalue weighted by Gasteiger charge is 2.31. The van der Waals surface area contributed by atoms with Crippen molar-refractivity contribution in [2.45, 2.75) is 59.3 Å². The molecule has 0 atom stereocenters. The molecule has 2 aromatic heterocycles. The molecule has 140 valence electrons. The van der Waals surface area contributed by atoms with Gasteiger partial charge < -0.3 is 10.4 Å². The molecule has 0 aliphatic rings. The minimum absolute atomic E-state index is 0.0843. The Morgan fingerprint density at radius 2 is 1.50 bits per heavy atom. The number of hydrogen-bond acceptors (Lipinski definition) is 6. The van der Waals surface area contributed by atoms with E-state index in [0.29, 0.717) is 34.3 Å². The smallest absolute Gasteiger partial charge is 0.254 e. The summed E-state index contributed by atoms with van der Waals surface area (Å²) in [7, 11) is 1.55. The van der Waals surface area contributed by atoms with Crippen LogP contribution in [0.5, 0.6) is 5.75 Å². The first-order valence-electron chi connectivity index (χ1n) is 8.54. The fraction of sp³-hybridized carbons (Fsp3) is 0.526. The number of aromatic nitrogens is 4. The summed E-state index contributed by atoms with van der Waals surface area (Å²) in [6.45, 7) is 13.6. The van der Waals surface area contributed by atoms with Crippen LogP contribution < -0.4 is 5.32 Å². The van der Waals surface area contributed by atoms with E-state index in [1.54, 1.807) is 14.0 Å². The Morgan fingerprint density at radius 1 is 1.00 bits per heavy atom. The van der Waals surface area contributed by atoms with Gasteiger partial charge in [-0.25, -0.2) is 19.9 Å². The molecule has 0 spiro atoms. The van der Waals surface area contributed by atoms with E-state index in [2.05, 4.69) is 25.3 Å². The molecule has 0 bridgehead atoms. The van der Waals surface area contributed by atoms with Gasteiger partial charge in [-0.2, -0.15) is 0 Å². The second kappa shape index (κ2) is 6.63. The van der Waals surface area contributed by atoms with Crippen molar-refractivity contribution >= 4 is 5.91 Å². The van der Waals surface area contributed by atoms with Crippen molar-refractivity contribution in [2.24, 2.45) is 0 Å². The van der Waals surface area contributed by atoms with Crippen LogP contribution in [0.4, 0.5) is 0 Å². The van der Waals surface area contributed by atoms with Crippen LogP contribution in [0, 0.1) is 6.92 Å². The number of nitrogens with one attached hydrogen (secondary N) is 1. The third kappa shape index (κ3) is 3.81. The van der Waals surface area contributed by atoms with Crippen LogP contribution >= 0.6 is 0 Å². The summed E-state index contributed by atoms with van der Waals surface area (Å²) < 4.78 is 0. The van der Waals surface area contributed by atoms with Gasteiger partial charge in [0.2, 0.25) is 0 Å². The second-order valence-electron chi connectivity index (χ2n) is 8.35. The molecule has 2 aromatic rings. The van der Waals surface area contributed by atoms with E-state index in [4.69, 9.17) is 0 Å². The van der Waals surface area contributed by atoms with Crippen LogP contribution in [-0.4, -0.2) is 38.0 Å². The summed E-state index contributed by atoms with van der Waals surface area (Å²) in [6.07, 6.45) is 1.47.